The number of hydrogen-bond acceptors (Lipinski definition) is 4. The van der Waals surface area contributed by atoms with Crippen molar-refractivity contribution in [3.63, 3.8) is 0 Å². The van der Waals surface area contributed by atoms with Crippen LogP contribution in [0.4, 0.5) is 0 Å². The number of hydrogen-bond donors (Lipinski definition) is 0. The molecule has 0 aromatic carbocycles. The van der Waals surface area contributed by atoms with Gasteiger partial charge in [0.1, 0.15) is 0 Å². The van der Waals surface area contributed by atoms with Crippen LogP contribution < -0.4 is 5.76 Å². The lowest BCUT2D eigenvalue weighted by molar-refractivity contribution is 0.497. The first-order valence-corrected chi connectivity index (χ1v) is 5.37. The second kappa shape index (κ2) is 4.04. The predicted molar refractivity (Wildman–Crippen MR) is 59.1 cm³/mol. The van der Waals surface area contributed by atoms with Crippen LogP contribution >= 0.6 is 22.9 Å². The topological polar surface area (TPSA) is 48.0 Å². The van der Waals surface area contributed by atoms with Crippen molar-refractivity contribution in [2.24, 2.45) is 0 Å². The van der Waals surface area contributed by atoms with Gasteiger partial charge >= 0.3 is 5.76 Å². The standard InChI is InChI=1S/C9H7ClN2O2S/c1-6(10)5-12-9(13)14-8(11-12)7-3-2-4-15-7/h2-4H,1,5H2. The molecule has 0 aliphatic carbocycles. The zero-order valence-electron chi connectivity index (χ0n) is 7.64. The summed E-state index contributed by atoms with van der Waals surface area (Å²) in [6.45, 7) is 3.65. The Labute approximate surface area is 94.4 Å². The van der Waals surface area contributed by atoms with Crippen LogP contribution in [0.3, 0.4) is 0 Å². The Morgan fingerprint density at radius 2 is 2.53 bits per heavy atom. The quantitative estimate of drug-likeness (QED) is 0.830. The highest BCUT2D eigenvalue weighted by Crippen LogP contribution is 2.21. The fourth-order valence-electron chi connectivity index (χ4n) is 1.07. The molecule has 0 radical (unpaired) electrons. The summed E-state index contributed by atoms with van der Waals surface area (Å²) in [4.78, 5) is 12.1. The molecular formula is C9H7ClN2O2S. The van der Waals surface area contributed by atoms with Gasteiger partial charge in [-0.3, -0.25) is 0 Å². The van der Waals surface area contributed by atoms with Gasteiger partial charge in [0.2, 0.25) is 0 Å². The van der Waals surface area contributed by atoms with Crippen LogP contribution in [0.25, 0.3) is 10.8 Å². The number of aromatic nitrogens is 2. The molecule has 0 aliphatic heterocycles. The fraction of sp³-hybridized carbons (Fsp3) is 0.111. The molecule has 0 amide bonds. The zero-order valence-corrected chi connectivity index (χ0v) is 9.22. The third kappa shape index (κ3) is 2.19. The van der Waals surface area contributed by atoms with Crippen LogP contribution in [0.2, 0.25) is 0 Å². The summed E-state index contributed by atoms with van der Waals surface area (Å²) < 4.78 is 6.11. The maximum Gasteiger partial charge on any atom is 0.437 e. The molecule has 6 heteroatoms. The monoisotopic (exact) mass is 242 g/mol. The highest BCUT2D eigenvalue weighted by atomic mass is 35.5. The van der Waals surface area contributed by atoms with Gasteiger partial charge in [-0.1, -0.05) is 24.2 Å². The molecular weight excluding hydrogens is 236 g/mol. The van der Waals surface area contributed by atoms with Crippen molar-refractivity contribution in [2.45, 2.75) is 6.54 Å². The van der Waals surface area contributed by atoms with Gasteiger partial charge in [-0.05, 0) is 11.4 Å². The smallest absolute Gasteiger partial charge is 0.387 e. The summed E-state index contributed by atoms with van der Waals surface area (Å²) in [6, 6.07) is 3.69. The van der Waals surface area contributed by atoms with Gasteiger partial charge in [0, 0.05) is 5.03 Å². The Kier molecular flexibility index (Phi) is 2.75. The lowest BCUT2D eigenvalue weighted by Gasteiger charge is -1.92. The zero-order chi connectivity index (χ0) is 10.8. The van der Waals surface area contributed by atoms with Gasteiger partial charge in [0.25, 0.3) is 5.89 Å². The van der Waals surface area contributed by atoms with Crippen LogP contribution in [-0.4, -0.2) is 9.78 Å². The molecule has 0 N–H and O–H groups in total. The van der Waals surface area contributed by atoms with Gasteiger partial charge in [0.15, 0.2) is 0 Å². The molecule has 0 fully saturated rings. The Hall–Kier alpha value is -1.33. The van der Waals surface area contributed by atoms with Crippen molar-refractivity contribution in [1.82, 2.24) is 9.78 Å². The van der Waals surface area contributed by atoms with E-state index in [1.807, 2.05) is 17.5 Å². The minimum Gasteiger partial charge on any atom is -0.387 e. The van der Waals surface area contributed by atoms with Gasteiger partial charge in [0.05, 0.1) is 11.4 Å². The van der Waals surface area contributed by atoms with E-state index in [9.17, 15) is 4.79 Å². The van der Waals surface area contributed by atoms with Crippen molar-refractivity contribution in [3.8, 4) is 10.8 Å². The van der Waals surface area contributed by atoms with Crippen LogP contribution in [0.15, 0.2) is 38.3 Å². The maximum atomic E-state index is 11.3. The van der Waals surface area contributed by atoms with E-state index in [1.54, 1.807) is 0 Å². The molecule has 0 aliphatic rings. The summed E-state index contributed by atoms with van der Waals surface area (Å²) in [5.74, 6) is -0.215. The third-order valence-corrected chi connectivity index (χ3v) is 2.64. The van der Waals surface area contributed by atoms with E-state index in [1.165, 1.54) is 11.3 Å². The molecule has 2 aromatic rings. The molecule has 0 atom stereocenters. The highest BCUT2D eigenvalue weighted by molar-refractivity contribution is 7.13. The number of nitrogens with zero attached hydrogens (tertiary/aromatic N) is 2. The first-order valence-electron chi connectivity index (χ1n) is 4.12. The maximum absolute atomic E-state index is 11.3. The second-order valence-corrected chi connectivity index (χ2v) is 4.31. The molecule has 15 heavy (non-hydrogen) atoms. The molecule has 2 aromatic heterocycles. The van der Waals surface area contributed by atoms with E-state index in [0.29, 0.717) is 10.9 Å². The van der Waals surface area contributed by atoms with Crippen molar-refractivity contribution >= 4 is 22.9 Å². The Bertz CT molecular complexity index is 527. The Morgan fingerprint density at radius 1 is 1.73 bits per heavy atom. The third-order valence-electron chi connectivity index (χ3n) is 1.66. The van der Waals surface area contributed by atoms with Gasteiger partial charge in [-0.25, -0.2) is 4.79 Å². The van der Waals surface area contributed by atoms with Crippen LogP contribution in [0, 0.1) is 0 Å². The molecule has 0 unspecified atom stereocenters. The Balaban J connectivity index is 2.37. The summed E-state index contributed by atoms with van der Waals surface area (Å²) in [7, 11) is 0. The van der Waals surface area contributed by atoms with Crippen molar-refractivity contribution in [2.75, 3.05) is 0 Å². The molecule has 2 rings (SSSR count). The van der Waals surface area contributed by atoms with Gasteiger partial charge in [-0.15, -0.1) is 16.4 Å². The van der Waals surface area contributed by atoms with E-state index >= 15 is 0 Å². The summed E-state index contributed by atoms with van der Waals surface area (Å²) in [5.41, 5.74) is 0. The number of thiophene rings is 1. The molecule has 0 spiro atoms. The highest BCUT2D eigenvalue weighted by Gasteiger charge is 2.10. The molecule has 78 valence electrons. The molecule has 4 nitrogen and oxygen atoms in total. The minimum absolute atomic E-state index is 0.162. The van der Waals surface area contributed by atoms with Crippen LogP contribution in [0.5, 0.6) is 0 Å². The number of rotatable bonds is 3. The summed E-state index contributed by atoms with van der Waals surface area (Å²) in [5, 5.41) is 6.22. The number of allylic oxidation sites excluding steroid dienone is 1. The largest absolute Gasteiger partial charge is 0.437 e. The van der Waals surface area contributed by atoms with Gasteiger partial charge < -0.3 is 4.42 Å². The fourth-order valence-corrected chi connectivity index (χ4v) is 1.83. The van der Waals surface area contributed by atoms with Crippen molar-refractivity contribution < 1.29 is 4.42 Å². The van der Waals surface area contributed by atoms with E-state index < -0.39 is 5.76 Å². The van der Waals surface area contributed by atoms with Gasteiger partial charge in [-0.2, -0.15) is 4.68 Å². The SMILES string of the molecule is C=C(Cl)Cn1nc(-c2cccs2)oc1=O. The molecule has 0 bridgehead atoms. The first kappa shape index (κ1) is 10.2. The molecule has 2 heterocycles. The number of halogens is 1. The lowest BCUT2D eigenvalue weighted by Crippen LogP contribution is -2.15. The summed E-state index contributed by atoms with van der Waals surface area (Å²) in [6.07, 6.45) is 0. The normalized spacial score (nSPS) is 10.5. The lowest BCUT2D eigenvalue weighted by atomic mass is 10.5. The van der Waals surface area contributed by atoms with Crippen LogP contribution in [0.1, 0.15) is 0 Å². The average molecular weight is 243 g/mol. The van der Waals surface area contributed by atoms with E-state index in [2.05, 4.69) is 11.7 Å². The summed E-state index contributed by atoms with van der Waals surface area (Å²) >= 11 is 7.04. The second-order valence-electron chi connectivity index (χ2n) is 2.83. The minimum atomic E-state index is -0.528. The van der Waals surface area contributed by atoms with E-state index in [0.717, 1.165) is 9.56 Å². The molecule has 0 saturated carbocycles. The Morgan fingerprint density at radius 3 is 3.13 bits per heavy atom. The van der Waals surface area contributed by atoms with Crippen molar-refractivity contribution in [1.29, 1.82) is 0 Å². The molecule has 0 saturated heterocycles. The van der Waals surface area contributed by atoms with E-state index in [4.69, 9.17) is 16.0 Å². The van der Waals surface area contributed by atoms with E-state index in [-0.39, 0.29) is 6.54 Å². The van der Waals surface area contributed by atoms with Crippen molar-refractivity contribution in [3.05, 3.63) is 39.7 Å². The average Bonchev–Trinajstić information content (AvgIpc) is 2.75. The van der Waals surface area contributed by atoms with Crippen LogP contribution in [-0.2, 0) is 6.54 Å². The predicted octanol–water partition coefficient (Wildman–Crippen LogP) is 2.32. The first-order chi connectivity index (χ1) is 7.16.